The molecule has 0 radical (unpaired) electrons. The molecule has 4 bridgehead atoms. The Balaban J connectivity index is 1.19. The van der Waals surface area contributed by atoms with Gasteiger partial charge in [-0.2, -0.15) is 0 Å². The Hall–Kier alpha value is -2.86. The van der Waals surface area contributed by atoms with E-state index in [4.69, 9.17) is 0 Å². The van der Waals surface area contributed by atoms with Crippen molar-refractivity contribution in [2.45, 2.75) is 135 Å². The van der Waals surface area contributed by atoms with Crippen molar-refractivity contribution in [3.63, 3.8) is 0 Å². The summed E-state index contributed by atoms with van der Waals surface area (Å²) in [6.45, 7) is 6.27. The van der Waals surface area contributed by atoms with Crippen molar-refractivity contribution in [2.75, 3.05) is 6.61 Å². The summed E-state index contributed by atoms with van der Waals surface area (Å²) in [6.07, 6.45) is 19.8. The maximum Gasteiger partial charge on any atom is 0.159 e. The first-order valence-electron chi connectivity index (χ1n) is 22.7. The van der Waals surface area contributed by atoms with Gasteiger partial charge in [-0.25, -0.2) is 0 Å². The number of ketones is 1. The van der Waals surface area contributed by atoms with Crippen LogP contribution < -0.4 is 10.4 Å². The Kier molecular flexibility index (Phi) is 7.84. The summed E-state index contributed by atoms with van der Waals surface area (Å²) in [5.41, 5.74) is -3.81. The summed E-state index contributed by atoms with van der Waals surface area (Å²) in [4.78, 5) is 28.6. The molecule has 7 nitrogen and oxygen atoms in total. The number of fused-ring (bicyclic) bond motifs is 6. The number of rotatable bonds is 3. The van der Waals surface area contributed by atoms with Crippen molar-refractivity contribution in [1.82, 2.24) is 0 Å². The first-order valence-corrected chi connectivity index (χ1v) is 22.7. The van der Waals surface area contributed by atoms with Gasteiger partial charge in [0.2, 0.25) is 0 Å². The SMILES string of the molecule is C[C@@]12CCC#C[C@@H](O)[C@]34[C@H](C1)C1=CC(=O)[C@@H]5[C@@]67CC[C@H](O)[C@@](C)([C@H](O)CO)[C@H]6CC[C@@]5(CC[C@@H]5C=c6c(C=O)cccc6=C[C@H]57)[C@]1(C)C[C@@]3(O)C=C[C@@H]1CCC[C@]14C2. The topological polar surface area (TPSA) is 135 Å². The van der Waals surface area contributed by atoms with E-state index in [1.807, 2.05) is 25.1 Å². The number of hydrogen-bond acceptors (Lipinski definition) is 7. The van der Waals surface area contributed by atoms with Crippen molar-refractivity contribution in [3.8, 4) is 11.8 Å². The second-order valence-electron chi connectivity index (χ2n) is 22.2. The molecule has 6 fully saturated rings. The van der Waals surface area contributed by atoms with Crippen LogP contribution in [0.1, 0.15) is 121 Å². The summed E-state index contributed by atoms with van der Waals surface area (Å²) in [7, 11) is 0. The lowest BCUT2D eigenvalue weighted by atomic mass is 9.26. The zero-order valence-corrected chi connectivity index (χ0v) is 34.6. The number of hydrogen-bond donors (Lipinski definition) is 5. The molecule has 1 aromatic carbocycles. The molecule has 0 unspecified atom stereocenters. The van der Waals surface area contributed by atoms with E-state index in [1.54, 1.807) is 0 Å². The molecule has 7 heteroatoms. The molecule has 11 aliphatic rings. The van der Waals surface area contributed by atoms with Gasteiger partial charge in [0, 0.05) is 23.3 Å². The normalized spacial score (nSPS) is 53.2. The zero-order valence-electron chi connectivity index (χ0n) is 34.6. The molecule has 0 aromatic heterocycles. The predicted octanol–water partition coefficient (Wildman–Crippen LogP) is 5.18. The van der Waals surface area contributed by atoms with Crippen LogP contribution in [0.15, 0.2) is 42.0 Å². The lowest BCUT2D eigenvalue weighted by Crippen LogP contribution is -2.78. The third kappa shape index (κ3) is 4.08. The molecule has 58 heavy (non-hydrogen) atoms. The highest BCUT2D eigenvalue weighted by Crippen LogP contribution is 2.85. The number of aldehydes is 1. The van der Waals surface area contributed by atoms with Crippen molar-refractivity contribution >= 4 is 24.2 Å². The number of aliphatic hydroxyl groups excluding tert-OH is 4. The average molecular weight is 787 g/mol. The summed E-state index contributed by atoms with van der Waals surface area (Å²) < 4.78 is 0. The van der Waals surface area contributed by atoms with E-state index < -0.39 is 63.5 Å². The Morgan fingerprint density at radius 3 is 2.57 bits per heavy atom. The summed E-state index contributed by atoms with van der Waals surface area (Å²) in [5, 5.41) is 63.1. The molecular weight excluding hydrogens is 725 g/mol. The minimum atomic E-state index is -1.36. The zero-order chi connectivity index (χ0) is 40.5. The van der Waals surface area contributed by atoms with E-state index in [-0.39, 0.29) is 46.2 Å². The molecule has 0 saturated heterocycles. The van der Waals surface area contributed by atoms with Crippen LogP contribution in [0.4, 0.5) is 0 Å². The molecule has 308 valence electrons. The molecule has 0 aliphatic heterocycles. The molecule has 5 N–H and O–H groups in total. The Labute approximate surface area is 342 Å². The predicted molar refractivity (Wildman–Crippen MR) is 220 cm³/mol. The van der Waals surface area contributed by atoms with Crippen molar-refractivity contribution in [1.29, 1.82) is 0 Å². The van der Waals surface area contributed by atoms with Crippen molar-refractivity contribution < 1.29 is 35.1 Å². The van der Waals surface area contributed by atoms with E-state index >= 15 is 4.79 Å². The molecule has 17 atom stereocenters. The van der Waals surface area contributed by atoms with E-state index in [2.05, 4.69) is 56.1 Å². The van der Waals surface area contributed by atoms with E-state index in [9.17, 15) is 30.3 Å². The van der Waals surface area contributed by atoms with Gasteiger partial charge in [-0.3, -0.25) is 9.59 Å². The molecule has 0 amide bonds. The average Bonchev–Trinajstić information content (AvgIpc) is 3.61. The van der Waals surface area contributed by atoms with Gasteiger partial charge in [-0.1, -0.05) is 81.2 Å². The highest BCUT2D eigenvalue weighted by molar-refractivity contribution is 5.96. The van der Waals surface area contributed by atoms with Gasteiger partial charge in [-0.05, 0) is 150 Å². The molecule has 0 heterocycles. The molecule has 12 rings (SSSR count). The van der Waals surface area contributed by atoms with Gasteiger partial charge in [0.05, 0.1) is 29.8 Å². The quantitative estimate of drug-likeness (QED) is 0.162. The summed E-state index contributed by atoms with van der Waals surface area (Å²) in [5.74, 6) is 6.07. The smallest absolute Gasteiger partial charge is 0.159 e. The standard InChI is InChI=1S/C51H62O7/c1-44-16-5-4-11-41(56)51-37(25-44)36-24-38(54)43-47(45(36,2)29-49(51,58)20-13-33-10-7-17-48(33,51)28-44)18-12-31-22-34-30(8-6-9-32(34)26-52)23-35(31)50(43)21-15-40(55)46(3,42(57)27-53)39(50)14-19-47/h6,8-9,13,20,22-24,26,31,33,35,37,39-43,53,55-58H,5,7,10,12,14-19,21,25,27-29H2,1-3H3/t31-,33+,35-,37-,39-,40+,41-,42-,43+,44-,45-,46+,47-,48+,49+,50-,51+/m1/s1. The fourth-order valence-electron chi connectivity index (χ4n) is 18.8. The monoisotopic (exact) mass is 786 g/mol. The van der Waals surface area contributed by atoms with Crippen LogP contribution in [-0.4, -0.2) is 68.1 Å². The highest BCUT2D eigenvalue weighted by atomic mass is 16.3. The van der Waals surface area contributed by atoms with Gasteiger partial charge in [0.15, 0.2) is 12.1 Å². The van der Waals surface area contributed by atoms with E-state index in [1.165, 1.54) is 0 Å². The number of benzene rings is 1. The van der Waals surface area contributed by atoms with E-state index in [0.717, 1.165) is 73.7 Å². The lowest BCUT2D eigenvalue weighted by Gasteiger charge is -2.78. The Morgan fingerprint density at radius 1 is 0.966 bits per heavy atom. The van der Waals surface area contributed by atoms with Crippen LogP contribution in [0.5, 0.6) is 0 Å². The third-order valence-corrected chi connectivity index (χ3v) is 20.7. The van der Waals surface area contributed by atoms with Gasteiger partial charge in [0.25, 0.3) is 0 Å². The van der Waals surface area contributed by atoms with Crippen LogP contribution in [-0.2, 0) is 4.79 Å². The molecular formula is C51H62O7. The number of allylic oxidation sites excluding steroid dienone is 3. The van der Waals surface area contributed by atoms with Crippen LogP contribution in [0.2, 0.25) is 0 Å². The minimum Gasteiger partial charge on any atom is -0.394 e. The lowest BCUT2D eigenvalue weighted by molar-refractivity contribution is -0.294. The van der Waals surface area contributed by atoms with Crippen LogP contribution in [0, 0.1) is 85.3 Å². The first kappa shape index (κ1) is 38.1. The van der Waals surface area contributed by atoms with Gasteiger partial charge < -0.3 is 25.5 Å². The van der Waals surface area contributed by atoms with Crippen LogP contribution >= 0.6 is 0 Å². The first-order chi connectivity index (χ1) is 27.6. The largest absolute Gasteiger partial charge is 0.394 e. The number of aliphatic hydroxyl groups is 5. The van der Waals surface area contributed by atoms with Crippen molar-refractivity contribution in [3.05, 3.63) is 58.0 Å². The van der Waals surface area contributed by atoms with Gasteiger partial charge in [-0.15, -0.1) is 5.92 Å². The summed E-state index contributed by atoms with van der Waals surface area (Å²) >= 11 is 0. The fraction of sp³-hybridized carbons (Fsp3) is 0.686. The second kappa shape index (κ2) is 11.9. The maximum atomic E-state index is 16.1. The summed E-state index contributed by atoms with van der Waals surface area (Å²) in [6, 6.07) is 5.87. The molecule has 6 saturated carbocycles. The van der Waals surface area contributed by atoms with Gasteiger partial charge >= 0.3 is 0 Å². The Morgan fingerprint density at radius 2 is 1.78 bits per heavy atom. The number of carbonyl (C=O) groups excluding carboxylic acids is 2. The van der Waals surface area contributed by atoms with Crippen LogP contribution in [0.25, 0.3) is 12.2 Å². The minimum absolute atomic E-state index is 0.00863. The van der Waals surface area contributed by atoms with E-state index in [0.29, 0.717) is 44.1 Å². The number of carbonyl (C=O) groups is 2. The fourth-order valence-corrected chi connectivity index (χ4v) is 18.8. The second-order valence-corrected chi connectivity index (χ2v) is 22.2. The van der Waals surface area contributed by atoms with Crippen LogP contribution in [0.3, 0.4) is 0 Å². The molecule has 11 aliphatic carbocycles. The molecule has 3 spiro atoms. The van der Waals surface area contributed by atoms with Gasteiger partial charge in [0.1, 0.15) is 6.10 Å². The molecule has 1 aromatic rings. The van der Waals surface area contributed by atoms with Crippen molar-refractivity contribution in [2.24, 2.45) is 73.4 Å². The Bertz CT molecular complexity index is 2260. The third-order valence-electron chi connectivity index (χ3n) is 20.7. The maximum absolute atomic E-state index is 16.1. The highest BCUT2D eigenvalue weighted by Gasteiger charge is 2.83.